The molecule has 2 aliphatic heterocycles. The number of urea groups is 1. The summed E-state index contributed by atoms with van der Waals surface area (Å²) in [7, 11) is -3.50. The molecule has 0 unspecified atom stereocenters. The first-order valence-electron chi connectivity index (χ1n) is 10.2. The highest BCUT2D eigenvalue weighted by Crippen LogP contribution is 2.26. The van der Waals surface area contributed by atoms with Gasteiger partial charge in [-0.1, -0.05) is 45.8 Å². The summed E-state index contributed by atoms with van der Waals surface area (Å²) in [6.07, 6.45) is 1.33. The molecule has 2 heterocycles. The zero-order chi connectivity index (χ0) is 21.3. The summed E-state index contributed by atoms with van der Waals surface area (Å²) in [6.45, 7) is 4.96. The van der Waals surface area contributed by atoms with E-state index in [0.717, 1.165) is 10.0 Å². The normalized spacial score (nSPS) is 18.9. The van der Waals surface area contributed by atoms with Gasteiger partial charge >= 0.3 is 6.03 Å². The SMILES string of the molecule is Cc1cccc(CN2CCN(C3CCN(S(=O)(=O)c4ccc(Br)cc4)CC3)C2=O)c1. The standard InChI is InChI=1S/C22H26BrN3O3S/c1-17-3-2-4-18(15-17)16-24-13-14-26(22(24)27)20-9-11-25(12-10-20)30(28,29)21-7-5-19(23)6-8-21/h2-8,15,20H,9-14,16H2,1H3. The number of piperidine rings is 1. The van der Waals surface area contributed by atoms with Crippen LogP contribution in [0.1, 0.15) is 24.0 Å². The van der Waals surface area contributed by atoms with E-state index < -0.39 is 10.0 Å². The Hall–Kier alpha value is -1.90. The number of aryl methyl sites for hydroxylation is 1. The van der Waals surface area contributed by atoms with Crippen LogP contribution in [0, 0.1) is 6.92 Å². The molecule has 0 bridgehead atoms. The van der Waals surface area contributed by atoms with E-state index in [-0.39, 0.29) is 12.1 Å². The Morgan fingerprint density at radius 2 is 1.70 bits per heavy atom. The predicted octanol–water partition coefficient (Wildman–Crippen LogP) is 3.85. The van der Waals surface area contributed by atoms with E-state index in [4.69, 9.17) is 0 Å². The minimum atomic E-state index is -3.50. The fourth-order valence-electron chi connectivity index (χ4n) is 4.27. The first-order chi connectivity index (χ1) is 14.3. The molecule has 6 nitrogen and oxygen atoms in total. The first-order valence-corrected chi connectivity index (χ1v) is 12.4. The molecule has 0 aromatic heterocycles. The number of nitrogens with zero attached hydrogens (tertiary/aromatic N) is 3. The van der Waals surface area contributed by atoms with E-state index in [9.17, 15) is 13.2 Å². The number of benzene rings is 2. The number of carbonyl (C=O) groups excluding carboxylic acids is 1. The molecule has 2 saturated heterocycles. The van der Waals surface area contributed by atoms with Crippen LogP contribution in [0.3, 0.4) is 0 Å². The quantitative estimate of drug-likeness (QED) is 0.637. The highest BCUT2D eigenvalue weighted by molar-refractivity contribution is 9.10. The van der Waals surface area contributed by atoms with E-state index in [2.05, 4.69) is 41.1 Å². The lowest BCUT2D eigenvalue weighted by molar-refractivity contribution is 0.153. The Labute approximate surface area is 186 Å². The number of halogens is 1. The van der Waals surface area contributed by atoms with Crippen LogP contribution in [0.5, 0.6) is 0 Å². The lowest BCUT2D eigenvalue weighted by Crippen LogP contribution is -2.47. The molecule has 0 atom stereocenters. The Kier molecular flexibility index (Phi) is 6.18. The lowest BCUT2D eigenvalue weighted by atomic mass is 10.1. The molecule has 0 radical (unpaired) electrons. The molecule has 2 aliphatic rings. The molecule has 0 saturated carbocycles. The van der Waals surface area contributed by atoms with Gasteiger partial charge in [0.25, 0.3) is 0 Å². The second-order valence-electron chi connectivity index (χ2n) is 7.98. The van der Waals surface area contributed by atoms with Crippen molar-refractivity contribution in [3.05, 3.63) is 64.1 Å². The second kappa shape index (κ2) is 8.69. The minimum absolute atomic E-state index is 0.0609. The lowest BCUT2D eigenvalue weighted by Gasteiger charge is -2.35. The van der Waals surface area contributed by atoms with Gasteiger partial charge in [0.05, 0.1) is 4.90 Å². The van der Waals surface area contributed by atoms with Gasteiger partial charge in [0, 0.05) is 43.2 Å². The summed E-state index contributed by atoms with van der Waals surface area (Å²) < 4.78 is 28.2. The third-order valence-electron chi connectivity index (χ3n) is 5.90. The van der Waals surface area contributed by atoms with Crippen molar-refractivity contribution in [1.82, 2.24) is 14.1 Å². The molecule has 2 fully saturated rings. The molecule has 0 spiro atoms. The topological polar surface area (TPSA) is 60.9 Å². The Morgan fingerprint density at radius 3 is 2.37 bits per heavy atom. The summed E-state index contributed by atoms with van der Waals surface area (Å²) in [5.74, 6) is 0. The van der Waals surface area contributed by atoms with Gasteiger partial charge in [0.2, 0.25) is 10.0 Å². The van der Waals surface area contributed by atoms with Crippen molar-refractivity contribution in [3.63, 3.8) is 0 Å². The van der Waals surface area contributed by atoms with Crippen molar-refractivity contribution in [2.45, 2.75) is 37.2 Å². The van der Waals surface area contributed by atoms with E-state index in [1.807, 2.05) is 15.9 Å². The molecule has 30 heavy (non-hydrogen) atoms. The highest BCUT2D eigenvalue weighted by Gasteiger charge is 2.37. The number of hydrogen-bond acceptors (Lipinski definition) is 3. The van der Waals surface area contributed by atoms with Gasteiger partial charge in [-0.05, 0) is 49.6 Å². The molecule has 0 aliphatic carbocycles. The van der Waals surface area contributed by atoms with Crippen molar-refractivity contribution in [2.24, 2.45) is 0 Å². The molecule has 4 rings (SSSR count). The fraction of sp³-hybridized carbons (Fsp3) is 0.409. The monoisotopic (exact) mass is 491 g/mol. The van der Waals surface area contributed by atoms with Crippen molar-refractivity contribution in [3.8, 4) is 0 Å². The van der Waals surface area contributed by atoms with Gasteiger partial charge in [-0.2, -0.15) is 4.31 Å². The van der Waals surface area contributed by atoms with Crippen molar-refractivity contribution < 1.29 is 13.2 Å². The average Bonchev–Trinajstić information content (AvgIpc) is 3.09. The molecule has 2 amide bonds. The molecular formula is C22H26BrN3O3S. The summed E-state index contributed by atoms with van der Waals surface area (Å²) in [5, 5.41) is 0. The maximum absolute atomic E-state index is 12.9. The highest BCUT2D eigenvalue weighted by atomic mass is 79.9. The molecule has 160 valence electrons. The van der Waals surface area contributed by atoms with Crippen LogP contribution in [-0.4, -0.2) is 60.8 Å². The number of carbonyl (C=O) groups is 1. The zero-order valence-electron chi connectivity index (χ0n) is 17.0. The van der Waals surface area contributed by atoms with E-state index in [1.54, 1.807) is 24.3 Å². The number of amides is 2. The predicted molar refractivity (Wildman–Crippen MR) is 120 cm³/mol. The summed E-state index contributed by atoms with van der Waals surface area (Å²) in [5.41, 5.74) is 2.33. The van der Waals surface area contributed by atoms with Crippen LogP contribution < -0.4 is 0 Å². The summed E-state index contributed by atoms with van der Waals surface area (Å²) in [4.78, 5) is 17.1. The molecule has 2 aromatic rings. The van der Waals surface area contributed by atoms with E-state index in [0.29, 0.717) is 50.5 Å². The maximum Gasteiger partial charge on any atom is 0.320 e. The van der Waals surface area contributed by atoms with Crippen LogP contribution in [0.25, 0.3) is 0 Å². The van der Waals surface area contributed by atoms with Gasteiger partial charge in [-0.15, -0.1) is 0 Å². The maximum atomic E-state index is 12.9. The first kappa shape index (κ1) is 21.3. The molecule has 2 aromatic carbocycles. The summed E-state index contributed by atoms with van der Waals surface area (Å²) in [6, 6.07) is 15.1. The Morgan fingerprint density at radius 1 is 1.00 bits per heavy atom. The average molecular weight is 492 g/mol. The fourth-order valence-corrected chi connectivity index (χ4v) is 6.00. The van der Waals surface area contributed by atoms with Gasteiger partial charge in [0.15, 0.2) is 0 Å². The smallest absolute Gasteiger partial charge is 0.320 e. The van der Waals surface area contributed by atoms with Crippen LogP contribution in [-0.2, 0) is 16.6 Å². The van der Waals surface area contributed by atoms with Gasteiger partial charge in [-0.3, -0.25) is 0 Å². The van der Waals surface area contributed by atoms with Gasteiger partial charge < -0.3 is 9.80 Å². The van der Waals surface area contributed by atoms with E-state index in [1.165, 1.54) is 9.87 Å². The molecular weight excluding hydrogens is 466 g/mol. The number of hydrogen-bond donors (Lipinski definition) is 0. The molecule has 0 N–H and O–H groups in total. The van der Waals surface area contributed by atoms with Gasteiger partial charge in [0.1, 0.15) is 0 Å². The number of sulfonamides is 1. The Balaban J connectivity index is 1.36. The summed E-state index contributed by atoms with van der Waals surface area (Å²) >= 11 is 3.34. The third kappa shape index (κ3) is 4.40. The van der Waals surface area contributed by atoms with Crippen LogP contribution >= 0.6 is 15.9 Å². The second-order valence-corrected chi connectivity index (χ2v) is 10.8. The van der Waals surface area contributed by atoms with Crippen LogP contribution in [0.15, 0.2) is 57.9 Å². The minimum Gasteiger partial charge on any atom is -0.320 e. The zero-order valence-corrected chi connectivity index (χ0v) is 19.4. The Bertz CT molecular complexity index is 1020. The largest absolute Gasteiger partial charge is 0.320 e. The van der Waals surface area contributed by atoms with Crippen molar-refractivity contribution in [1.29, 1.82) is 0 Å². The number of rotatable bonds is 5. The van der Waals surface area contributed by atoms with Crippen molar-refractivity contribution >= 4 is 32.0 Å². The third-order valence-corrected chi connectivity index (χ3v) is 8.34. The molecule has 8 heteroatoms. The van der Waals surface area contributed by atoms with Crippen LogP contribution in [0.4, 0.5) is 4.79 Å². The van der Waals surface area contributed by atoms with Gasteiger partial charge in [-0.25, -0.2) is 13.2 Å². The van der Waals surface area contributed by atoms with Crippen LogP contribution in [0.2, 0.25) is 0 Å². The van der Waals surface area contributed by atoms with Crippen molar-refractivity contribution in [2.75, 3.05) is 26.2 Å². The van der Waals surface area contributed by atoms with E-state index >= 15 is 0 Å².